The molecule has 1 saturated heterocycles. The van der Waals surface area contributed by atoms with E-state index < -0.39 is 39.3 Å². The average Bonchev–Trinajstić information content (AvgIpc) is 3.05. The molecule has 0 aromatic heterocycles. The van der Waals surface area contributed by atoms with E-state index in [0.29, 0.717) is 5.56 Å². The van der Waals surface area contributed by atoms with Gasteiger partial charge in [0.05, 0.1) is 10.6 Å². The van der Waals surface area contributed by atoms with Gasteiger partial charge in [0, 0.05) is 12.0 Å². The minimum atomic E-state index is -3.96. The molecular formula is C23H20N2O6S. The summed E-state index contributed by atoms with van der Waals surface area (Å²) >= 11 is 0. The van der Waals surface area contributed by atoms with Crippen LogP contribution < -0.4 is 10.0 Å². The zero-order valence-corrected chi connectivity index (χ0v) is 17.9. The number of ketones is 1. The smallest absolute Gasteiger partial charge is 0.325 e. The lowest BCUT2D eigenvalue weighted by molar-refractivity contribution is -0.144. The second kappa shape index (κ2) is 8.18. The third-order valence-electron chi connectivity index (χ3n) is 5.18. The summed E-state index contributed by atoms with van der Waals surface area (Å²) in [6, 6.07) is 13.4. The number of ether oxygens (including phenoxy) is 1. The number of esters is 1. The lowest BCUT2D eigenvalue weighted by Crippen LogP contribution is -2.38. The van der Waals surface area contributed by atoms with E-state index >= 15 is 0 Å². The highest BCUT2D eigenvalue weighted by molar-refractivity contribution is 7.89. The normalized spacial score (nSPS) is 22.5. The van der Waals surface area contributed by atoms with Gasteiger partial charge in [-0.1, -0.05) is 35.9 Å². The van der Waals surface area contributed by atoms with Crippen LogP contribution >= 0.6 is 0 Å². The first kappa shape index (κ1) is 21.7. The van der Waals surface area contributed by atoms with Crippen LogP contribution in [0.5, 0.6) is 0 Å². The maximum atomic E-state index is 12.7. The van der Waals surface area contributed by atoms with Gasteiger partial charge in [0.25, 0.3) is 5.91 Å². The van der Waals surface area contributed by atoms with Gasteiger partial charge >= 0.3 is 5.97 Å². The number of amides is 1. The maximum Gasteiger partial charge on any atom is 0.325 e. The fourth-order valence-corrected chi connectivity index (χ4v) is 4.69. The predicted octanol–water partition coefficient (Wildman–Crippen LogP) is 1.78. The molecule has 0 radical (unpaired) electrons. The Labute approximate surface area is 185 Å². The summed E-state index contributed by atoms with van der Waals surface area (Å²) in [7, 11) is -3.96. The van der Waals surface area contributed by atoms with Crippen molar-refractivity contribution in [2.75, 3.05) is 0 Å². The van der Waals surface area contributed by atoms with E-state index in [0.717, 1.165) is 5.56 Å². The number of benzene rings is 2. The van der Waals surface area contributed by atoms with Gasteiger partial charge in [-0.15, -0.1) is 0 Å². The fraction of sp³-hybridized carbons (Fsp3) is 0.174. The van der Waals surface area contributed by atoms with Crippen molar-refractivity contribution in [3.8, 4) is 0 Å². The molecule has 4 rings (SSSR count). The summed E-state index contributed by atoms with van der Waals surface area (Å²) in [5.41, 5.74) is -0.131. The van der Waals surface area contributed by atoms with Crippen LogP contribution in [0.1, 0.15) is 22.3 Å². The van der Waals surface area contributed by atoms with E-state index in [9.17, 15) is 22.8 Å². The number of hydrogen-bond donors (Lipinski definition) is 2. The number of nitrogens with one attached hydrogen (secondary N) is 2. The number of carbonyl (C=O) groups excluding carboxylic acids is 3. The molecule has 32 heavy (non-hydrogen) atoms. The molecule has 1 aliphatic heterocycles. The van der Waals surface area contributed by atoms with Gasteiger partial charge in [-0.3, -0.25) is 14.4 Å². The first-order valence-electron chi connectivity index (χ1n) is 9.82. The standard InChI is InChI=1S/C23H20N2O6S/c1-15-7-9-17(10-8-15)32(29,30)25-19-14-23(31-22(19)28)12-11-20(26)18(13-23)24-21(27)16-5-3-2-4-6-16/h2-13,19,25H,14H2,1H3,(H,24,27). The second-order valence-corrected chi connectivity index (χ2v) is 9.36. The second-order valence-electron chi connectivity index (χ2n) is 7.64. The van der Waals surface area contributed by atoms with Crippen molar-refractivity contribution in [3.63, 3.8) is 0 Å². The van der Waals surface area contributed by atoms with Crippen LogP contribution in [0.15, 0.2) is 83.4 Å². The van der Waals surface area contributed by atoms with Crippen molar-refractivity contribution in [2.24, 2.45) is 0 Å². The largest absolute Gasteiger partial charge is 0.449 e. The van der Waals surface area contributed by atoms with E-state index in [-0.39, 0.29) is 17.0 Å². The average molecular weight is 452 g/mol. The molecule has 2 aromatic rings. The summed E-state index contributed by atoms with van der Waals surface area (Å²) in [5.74, 6) is -1.72. The van der Waals surface area contributed by atoms with E-state index in [2.05, 4.69) is 10.0 Å². The quantitative estimate of drug-likeness (QED) is 0.668. The summed E-state index contributed by atoms with van der Waals surface area (Å²) in [4.78, 5) is 37.2. The van der Waals surface area contributed by atoms with Crippen LogP contribution in [-0.2, 0) is 24.3 Å². The molecule has 2 aromatic carbocycles. The maximum absolute atomic E-state index is 12.7. The lowest BCUT2D eigenvalue weighted by Gasteiger charge is -2.24. The summed E-state index contributed by atoms with van der Waals surface area (Å²) in [6.45, 7) is 1.83. The number of aryl methyl sites for hydroxylation is 1. The Hall–Kier alpha value is -3.56. The van der Waals surface area contributed by atoms with Crippen molar-refractivity contribution >= 4 is 27.7 Å². The summed E-state index contributed by atoms with van der Waals surface area (Å²) in [6.07, 6.45) is 3.87. The van der Waals surface area contributed by atoms with Gasteiger partial charge in [-0.25, -0.2) is 8.42 Å². The van der Waals surface area contributed by atoms with Gasteiger partial charge < -0.3 is 10.1 Å². The Morgan fingerprint density at radius 1 is 1.06 bits per heavy atom. The number of carbonyl (C=O) groups is 3. The van der Waals surface area contributed by atoms with Crippen LogP contribution in [0.2, 0.25) is 0 Å². The van der Waals surface area contributed by atoms with Gasteiger partial charge in [-0.2, -0.15) is 4.72 Å². The first-order chi connectivity index (χ1) is 15.2. The molecule has 2 unspecified atom stereocenters. The van der Waals surface area contributed by atoms with Crippen molar-refractivity contribution in [2.45, 2.75) is 29.9 Å². The van der Waals surface area contributed by atoms with Gasteiger partial charge in [0.2, 0.25) is 15.8 Å². The fourth-order valence-electron chi connectivity index (χ4n) is 3.51. The van der Waals surface area contributed by atoms with E-state index in [4.69, 9.17) is 4.74 Å². The van der Waals surface area contributed by atoms with Gasteiger partial charge in [0.15, 0.2) is 5.60 Å². The van der Waals surface area contributed by atoms with Gasteiger partial charge in [0.1, 0.15) is 6.04 Å². The monoisotopic (exact) mass is 452 g/mol. The molecule has 164 valence electrons. The number of sulfonamides is 1. The SMILES string of the molecule is Cc1ccc(S(=O)(=O)NC2CC3(C=CC(=O)C(NC(=O)c4ccccc4)=C3)OC2=O)cc1. The molecule has 0 bridgehead atoms. The molecule has 1 heterocycles. The third-order valence-corrected chi connectivity index (χ3v) is 6.67. The Morgan fingerprint density at radius 2 is 1.75 bits per heavy atom. The Morgan fingerprint density at radius 3 is 2.44 bits per heavy atom. The minimum Gasteiger partial charge on any atom is -0.449 e. The zero-order valence-electron chi connectivity index (χ0n) is 17.1. The molecule has 2 aliphatic rings. The van der Waals surface area contributed by atoms with Crippen LogP contribution in [-0.4, -0.2) is 37.7 Å². The van der Waals surface area contributed by atoms with E-state index in [1.54, 1.807) is 42.5 Å². The van der Waals surface area contributed by atoms with E-state index in [1.165, 1.54) is 30.4 Å². The molecule has 1 spiro atoms. The number of allylic oxidation sites excluding steroid dienone is 1. The minimum absolute atomic E-state index is 0.0255. The highest BCUT2D eigenvalue weighted by Crippen LogP contribution is 2.34. The van der Waals surface area contributed by atoms with E-state index in [1.807, 2.05) is 6.92 Å². The van der Waals surface area contributed by atoms with Crippen molar-refractivity contribution in [1.29, 1.82) is 0 Å². The Kier molecular flexibility index (Phi) is 5.53. The molecule has 8 nitrogen and oxygen atoms in total. The predicted molar refractivity (Wildman–Crippen MR) is 115 cm³/mol. The molecule has 2 N–H and O–H groups in total. The Balaban J connectivity index is 1.53. The third kappa shape index (κ3) is 4.39. The summed E-state index contributed by atoms with van der Waals surface area (Å²) in [5, 5.41) is 2.54. The van der Waals surface area contributed by atoms with Crippen LogP contribution in [0.4, 0.5) is 0 Å². The summed E-state index contributed by atoms with van der Waals surface area (Å²) < 4.78 is 33.1. The van der Waals surface area contributed by atoms with Crippen molar-refractivity contribution < 1.29 is 27.5 Å². The van der Waals surface area contributed by atoms with Gasteiger partial charge in [-0.05, 0) is 49.4 Å². The molecule has 1 aliphatic carbocycles. The molecular weight excluding hydrogens is 432 g/mol. The molecule has 2 atom stereocenters. The van der Waals surface area contributed by atoms with Crippen LogP contribution in [0.3, 0.4) is 0 Å². The van der Waals surface area contributed by atoms with Crippen LogP contribution in [0, 0.1) is 6.92 Å². The lowest BCUT2D eigenvalue weighted by atomic mass is 9.91. The number of rotatable bonds is 5. The van der Waals surface area contributed by atoms with Crippen LogP contribution in [0.25, 0.3) is 0 Å². The van der Waals surface area contributed by atoms with Crippen molar-refractivity contribution in [1.82, 2.24) is 10.0 Å². The zero-order chi connectivity index (χ0) is 22.9. The molecule has 0 saturated carbocycles. The Bertz CT molecular complexity index is 1250. The van der Waals surface area contributed by atoms with Crippen molar-refractivity contribution in [3.05, 3.63) is 89.6 Å². The molecule has 1 amide bonds. The highest BCUT2D eigenvalue weighted by Gasteiger charge is 2.47. The molecule has 9 heteroatoms. The first-order valence-corrected chi connectivity index (χ1v) is 11.3. The number of hydrogen-bond acceptors (Lipinski definition) is 6. The highest BCUT2D eigenvalue weighted by atomic mass is 32.2. The topological polar surface area (TPSA) is 119 Å². The molecule has 1 fully saturated rings.